The van der Waals surface area contributed by atoms with Crippen LogP contribution in [-0.2, 0) is 24.0 Å². The van der Waals surface area contributed by atoms with Gasteiger partial charge in [-0.3, -0.25) is 14.4 Å². The highest BCUT2D eigenvalue weighted by Gasteiger charge is 2.40. The van der Waals surface area contributed by atoms with Gasteiger partial charge in [0.1, 0.15) is 0 Å². The van der Waals surface area contributed by atoms with Gasteiger partial charge in [-0.25, -0.2) is 9.59 Å². The number of carbonyl (C=O) groups is 5. The second-order valence-corrected chi connectivity index (χ2v) is 3.93. The third-order valence-electron chi connectivity index (χ3n) is 1.94. The van der Waals surface area contributed by atoms with E-state index in [0.29, 0.717) is 0 Å². The minimum atomic E-state index is -2.74. The molecule has 0 heterocycles. The third-order valence-corrected chi connectivity index (χ3v) is 1.94. The molecule has 0 amide bonds. The number of carboxylic acids is 5. The number of aliphatic hydroxyl groups is 2. The van der Waals surface area contributed by atoms with E-state index in [1.54, 1.807) is 0 Å². The fourth-order valence-electron chi connectivity index (χ4n) is 0.967. The highest BCUT2D eigenvalue weighted by molar-refractivity contribution is 5.88. The third kappa shape index (κ3) is 10.1. The SMILES string of the molecule is O=C(O)CC(O)(CC(=O)O)C(=O)O.O=C(O)CC(O)C(=O)O. The zero-order chi connectivity index (χ0) is 18.1. The van der Waals surface area contributed by atoms with Crippen molar-refractivity contribution >= 4 is 29.8 Å². The molecule has 12 nitrogen and oxygen atoms in total. The van der Waals surface area contributed by atoms with Crippen LogP contribution in [0.3, 0.4) is 0 Å². The van der Waals surface area contributed by atoms with Gasteiger partial charge in [-0.2, -0.15) is 0 Å². The number of carboxylic acid groups (broad SMARTS) is 5. The lowest BCUT2D eigenvalue weighted by Gasteiger charge is -2.18. The summed E-state index contributed by atoms with van der Waals surface area (Å²) in [6.07, 6.45) is -4.83. The molecule has 0 aliphatic heterocycles. The van der Waals surface area contributed by atoms with Crippen LogP contribution in [0.5, 0.6) is 0 Å². The van der Waals surface area contributed by atoms with Crippen molar-refractivity contribution in [3.63, 3.8) is 0 Å². The molecule has 0 saturated heterocycles. The minimum absolute atomic E-state index is 0.755. The summed E-state index contributed by atoms with van der Waals surface area (Å²) < 4.78 is 0. The normalized spacial score (nSPS) is 11.5. The molecular formula is C10H14O12. The van der Waals surface area contributed by atoms with Crippen LogP contribution in [0.25, 0.3) is 0 Å². The molecule has 0 aromatic rings. The molecule has 0 aromatic carbocycles. The number of hydrogen-bond donors (Lipinski definition) is 7. The zero-order valence-electron chi connectivity index (χ0n) is 10.9. The molecule has 0 radical (unpaired) electrons. The smallest absolute Gasteiger partial charge is 0.336 e. The maximum Gasteiger partial charge on any atom is 0.336 e. The molecule has 0 saturated carbocycles. The van der Waals surface area contributed by atoms with Gasteiger partial charge in [-0.1, -0.05) is 0 Å². The van der Waals surface area contributed by atoms with Crippen molar-refractivity contribution in [3.05, 3.63) is 0 Å². The van der Waals surface area contributed by atoms with Crippen LogP contribution >= 0.6 is 0 Å². The maximum atomic E-state index is 10.3. The van der Waals surface area contributed by atoms with Crippen molar-refractivity contribution in [2.24, 2.45) is 0 Å². The molecule has 0 spiro atoms. The highest BCUT2D eigenvalue weighted by atomic mass is 16.4. The largest absolute Gasteiger partial charge is 0.481 e. The van der Waals surface area contributed by atoms with Crippen molar-refractivity contribution in [1.29, 1.82) is 0 Å². The lowest BCUT2D eigenvalue weighted by molar-refractivity contribution is -0.170. The first-order chi connectivity index (χ1) is 9.81. The van der Waals surface area contributed by atoms with Gasteiger partial charge in [0.05, 0.1) is 19.3 Å². The Morgan fingerprint density at radius 2 is 1.14 bits per heavy atom. The molecule has 0 fully saturated rings. The lowest BCUT2D eigenvalue weighted by Crippen LogP contribution is -2.42. The molecule has 0 aliphatic rings. The molecule has 1 atom stereocenters. The van der Waals surface area contributed by atoms with Gasteiger partial charge in [-0.15, -0.1) is 0 Å². The number of hydrogen-bond acceptors (Lipinski definition) is 7. The standard InChI is InChI=1S/C6H8O7.C4H6O5/c7-3(8)1-6(13,5(11)12)2-4(9)10;5-2(4(8)9)1-3(6)7/h13H,1-2H2,(H,7,8)(H,9,10)(H,11,12);2,5H,1H2,(H,6,7)(H,8,9). The lowest BCUT2D eigenvalue weighted by atomic mass is 9.96. The number of rotatable bonds is 8. The van der Waals surface area contributed by atoms with Gasteiger partial charge >= 0.3 is 29.8 Å². The van der Waals surface area contributed by atoms with E-state index in [-0.39, 0.29) is 0 Å². The molecule has 22 heavy (non-hydrogen) atoms. The van der Waals surface area contributed by atoms with Crippen LogP contribution in [-0.4, -0.2) is 77.3 Å². The van der Waals surface area contributed by atoms with Gasteiger partial charge in [0.2, 0.25) is 0 Å². The van der Waals surface area contributed by atoms with Gasteiger partial charge in [0, 0.05) is 0 Å². The summed E-state index contributed by atoms with van der Waals surface area (Å²) in [4.78, 5) is 49.9. The second-order valence-electron chi connectivity index (χ2n) is 3.93. The van der Waals surface area contributed by atoms with E-state index in [1.807, 2.05) is 0 Å². The Hall–Kier alpha value is -2.73. The van der Waals surface area contributed by atoms with E-state index in [1.165, 1.54) is 0 Å². The fraction of sp³-hybridized carbons (Fsp3) is 0.500. The molecule has 0 aromatic heterocycles. The summed E-state index contributed by atoms with van der Waals surface area (Å²) >= 11 is 0. The fourth-order valence-corrected chi connectivity index (χ4v) is 0.967. The summed E-state index contributed by atoms with van der Waals surface area (Å²) in [5, 5.41) is 58.0. The molecule has 1 unspecified atom stereocenters. The summed E-state index contributed by atoms with van der Waals surface area (Å²) in [7, 11) is 0. The second kappa shape index (κ2) is 9.25. The average molecular weight is 326 g/mol. The van der Waals surface area contributed by atoms with Gasteiger partial charge < -0.3 is 35.7 Å². The van der Waals surface area contributed by atoms with Crippen LogP contribution in [0.15, 0.2) is 0 Å². The molecule has 0 rings (SSSR count). The van der Waals surface area contributed by atoms with E-state index in [4.69, 9.17) is 35.7 Å². The predicted molar refractivity (Wildman–Crippen MR) is 63.0 cm³/mol. The summed E-state index contributed by atoms with van der Waals surface area (Å²) in [6, 6.07) is 0. The number of aliphatic hydroxyl groups excluding tert-OH is 1. The van der Waals surface area contributed by atoms with Crippen molar-refractivity contribution in [1.82, 2.24) is 0 Å². The van der Waals surface area contributed by atoms with Crippen molar-refractivity contribution in [2.75, 3.05) is 0 Å². The van der Waals surface area contributed by atoms with E-state index in [0.717, 1.165) is 0 Å². The Morgan fingerprint density at radius 3 is 1.27 bits per heavy atom. The van der Waals surface area contributed by atoms with Crippen LogP contribution < -0.4 is 0 Å². The number of aliphatic carboxylic acids is 5. The van der Waals surface area contributed by atoms with Crippen molar-refractivity contribution < 1.29 is 59.7 Å². The zero-order valence-corrected chi connectivity index (χ0v) is 10.9. The topological polar surface area (TPSA) is 227 Å². The Kier molecular flexibility index (Phi) is 9.07. The van der Waals surface area contributed by atoms with Gasteiger partial charge in [-0.05, 0) is 0 Å². The highest BCUT2D eigenvalue weighted by Crippen LogP contribution is 2.15. The molecule has 12 heteroatoms. The van der Waals surface area contributed by atoms with E-state index < -0.39 is 60.8 Å². The summed E-state index contributed by atoms with van der Waals surface area (Å²) in [5.74, 6) is -7.86. The first-order valence-electron chi connectivity index (χ1n) is 5.34. The summed E-state index contributed by atoms with van der Waals surface area (Å²) in [6.45, 7) is 0. The monoisotopic (exact) mass is 326 g/mol. The Bertz CT molecular complexity index is 437. The van der Waals surface area contributed by atoms with Crippen LogP contribution in [0, 0.1) is 0 Å². The van der Waals surface area contributed by atoms with Crippen LogP contribution in [0.4, 0.5) is 0 Å². The van der Waals surface area contributed by atoms with Gasteiger partial charge in [0.15, 0.2) is 11.7 Å². The molecule has 0 aliphatic carbocycles. The van der Waals surface area contributed by atoms with Crippen LogP contribution in [0.2, 0.25) is 0 Å². The Morgan fingerprint density at radius 1 is 0.773 bits per heavy atom. The quantitative estimate of drug-likeness (QED) is 0.249. The minimum Gasteiger partial charge on any atom is -0.481 e. The van der Waals surface area contributed by atoms with Crippen LogP contribution in [0.1, 0.15) is 19.3 Å². The van der Waals surface area contributed by atoms with Gasteiger partial charge in [0.25, 0.3) is 0 Å². The molecule has 0 bridgehead atoms. The average Bonchev–Trinajstić information content (AvgIpc) is 2.25. The molecule has 7 N–H and O–H groups in total. The molecule has 126 valence electrons. The maximum absolute atomic E-state index is 10.3. The van der Waals surface area contributed by atoms with E-state index >= 15 is 0 Å². The van der Waals surface area contributed by atoms with E-state index in [2.05, 4.69) is 0 Å². The predicted octanol–water partition coefficient (Wildman–Crippen LogP) is -2.34. The first kappa shape index (κ1) is 21.6. The van der Waals surface area contributed by atoms with Crippen molar-refractivity contribution in [2.45, 2.75) is 31.0 Å². The first-order valence-corrected chi connectivity index (χ1v) is 5.34. The van der Waals surface area contributed by atoms with Crippen molar-refractivity contribution in [3.8, 4) is 0 Å². The summed E-state index contributed by atoms with van der Waals surface area (Å²) in [5.41, 5.74) is -2.74. The molecular weight excluding hydrogens is 312 g/mol. The Balaban J connectivity index is 0. The Labute approximate surface area is 121 Å². The van der Waals surface area contributed by atoms with E-state index in [9.17, 15) is 24.0 Å².